The number of likely N-dealkylation sites (N-methyl/N-ethyl adjacent to an activating group) is 1. The van der Waals surface area contributed by atoms with E-state index < -0.39 is 0 Å². The van der Waals surface area contributed by atoms with Crippen LogP contribution in [0.5, 0.6) is 5.75 Å². The molecule has 5 nitrogen and oxygen atoms in total. The van der Waals surface area contributed by atoms with Gasteiger partial charge in [-0.2, -0.15) is 0 Å². The lowest BCUT2D eigenvalue weighted by molar-refractivity contribution is 0.110. The summed E-state index contributed by atoms with van der Waals surface area (Å²) < 4.78 is 11.2. The summed E-state index contributed by atoms with van der Waals surface area (Å²) in [6, 6.07) is 6.28. The van der Waals surface area contributed by atoms with Gasteiger partial charge in [0, 0.05) is 32.3 Å². The van der Waals surface area contributed by atoms with Crippen molar-refractivity contribution in [3.8, 4) is 5.75 Å². The number of aryl methyl sites for hydroxylation is 1. The topological polar surface area (TPSA) is 46.1 Å². The molecule has 0 aliphatic carbocycles. The van der Waals surface area contributed by atoms with E-state index in [2.05, 4.69) is 40.3 Å². The normalized spacial score (nSPS) is 13.6. The van der Waals surface area contributed by atoms with Gasteiger partial charge < -0.3 is 19.7 Å². The van der Waals surface area contributed by atoms with Gasteiger partial charge in [0.1, 0.15) is 12.4 Å². The molecule has 0 spiro atoms. The number of halogens is 1. The fraction of sp³-hybridized carbons (Fsp3) is 0.562. The van der Waals surface area contributed by atoms with E-state index in [1.807, 2.05) is 14.0 Å². The van der Waals surface area contributed by atoms with Crippen LogP contribution in [0.2, 0.25) is 0 Å². The summed E-state index contributed by atoms with van der Waals surface area (Å²) in [5, 5.41) is 3.37. The minimum Gasteiger partial charge on any atom is -0.491 e. The summed E-state index contributed by atoms with van der Waals surface area (Å²) in [4.78, 5) is 6.56. The van der Waals surface area contributed by atoms with E-state index in [9.17, 15) is 0 Å². The van der Waals surface area contributed by atoms with Crippen LogP contribution < -0.4 is 10.1 Å². The number of nitrogens with zero attached hydrogens (tertiary/aromatic N) is 2. The van der Waals surface area contributed by atoms with Crippen molar-refractivity contribution in [3.63, 3.8) is 0 Å². The van der Waals surface area contributed by atoms with Crippen LogP contribution in [0.25, 0.3) is 0 Å². The first-order valence-corrected chi connectivity index (χ1v) is 7.50. The van der Waals surface area contributed by atoms with Crippen molar-refractivity contribution in [1.82, 2.24) is 10.2 Å². The van der Waals surface area contributed by atoms with Crippen molar-refractivity contribution in [3.05, 3.63) is 29.3 Å². The molecule has 0 unspecified atom stereocenters. The molecule has 1 aliphatic rings. The van der Waals surface area contributed by atoms with Crippen LogP contribution in [0.15, 0.2) is 23.2 Å². The largest absolute Gasteiger partial charge is 0.491 e. The Bertz CT molecular complexity index is 494. The molecule has 0 saturated carbocycles. The van der Waals surface area contributed by atoms with Gasteiger partial charge in [0.25, 0.3) is 0 Å². The zero-order valence-corrected chi connectivity index (χ0v) is 15.9. The van der Waals surface area contributed by atoms with Gasteiger partial charge in [-0.25, -0.2) is 0 Å². The standard InChI is InChI=1S/C16H25N3O2.HI/c1-4-20-9-10-21-15-11-13(2)5-6-14(15)12-18-16-17-7-8-19(16)3;/h5-6,11H,4,7-10,12H2,1-3H3,(H,17,18);1H. The minimum absolute atomic E-state index is 0. The molecule has 0 aromatic heterocycles. The van der Waals surface area contributed by atoms with E-state index in [1.54, 1.807) is 0 Å². The Balaban J connectivity index is 0.00000242. The number of benzene rings is 1. The monoisotopic (exact) mass is 419 g/mol. The van der Waals surface area contributed by atoms with Crippen LogP contribution in [0.4, 0.5) is 0 Å². The molecular weight excluding hydrogens is 393 g/mol. The highest BCUT2D eigenvalue weighted by Crippen LogP contribution is 2.20. The van der Waals surface area contributed by atoms with E-state index >= 15 is 0 Å². The Labute approximate surface area is 150 Å². The van der Waals surface area contributed by atoms with Gasteiger partial charge in [0.05, 0.1) is 13.2 Å². The molecule has 1 N–H and O–H groups in total. The van der Waals surface area contributed by atoms with E-state index in [0.717, 1.165) is 37.0 Å². The molecule has 0 atom stereocenters. The van der Waals surface area contributed by atoms with Gasteiger partial charge in [-0.3, -0.25) is 4.99 Å². The zero-order chi connectivity index (χ0) is 15.1. The van der Waals surface area contributed by atoms with Crippen LogP contribution in [0.3, 0.4) is 0 Å². The van der Waals surface area contributed by atoms with Gasteiger partial charge in [-0.15, -0.1) is 24.0 Å². The number of aliphatic imine (C=N–C) groups is 1. The second kappa shape index (κ2) is 9.89. The summed E-state index contributed by atoms with van der Waals surface area (Å²) in [7, 11) is 2.05. The van der Waals surface area contributed by atoms with E-state index in [-0.39, 0.29) is 24.0 Å². The molecule has 0 saturated heterocycles. The Morgan fingerprint density at radius 1 is 1.32 bits per heavy atom. The maximum Gasteiger partial charge on any atom is 0.194 e. The van der Waals surface area contributed by atoms with Crippen molar-refractivity contribution < 1.29 is 9.47 Å². The summed E-state index contributed by atoms with van der Waals surface area (Å²) >= 11 is 0. The van der Waals surface area contributed by atoms with E-state index in [0.29, 0.717) is 19.8 Å². The average molecular weight is 419 g/mol. The van der Waals surface area contributed by atoms with Gasteiger partial charge in [-0.05, 0) is 25.5 Å². The summed E-state index contributed by atoms with van der Waals surface area (Å²) in [5.74, 6) is 1.87. The molecule has 2 rings (SSSR count). The first kappa shape index (κ1) is 19.0. The third-order valence-electron chi connectivity index (χ3n) is 3.41. The first-order chi connectivity index (χ1) is 10.2. The molecule has 22 heavy (non-hydrogen) atoms. The lowest BCUT2D eigenvalue weighted by Gasteiger charge is -2.17. The predicted molar refractivity (Wildman–Crippen MR) is 100 cm³/mol. The highest BCUT2D eigenvalue weighted by Gasteiger charge is 2.12. The second-order valence-corrected chi connectivity index (χ2v) is 5.14. The maximum absolute atomic E-state index is 5.84. The van der Waals surface area contributed by atoms with Gasteiger partial charge in [0.2, 0.25) is 0 Å². The maximum atomic E-state index is 5.84. The molecule has 1 aliphatic heterocycles. The fourth-order valence-corrected chi connectivity index (χ4v) is 2.19. The summed E-state index contributed by atoms with van der Waals surface area (Å²) in [6.45, 7) is 8.53. The van der Waals surface area contributed by atoms with Crippen LogP contribution in [-0.4, -0.2) is 50.8 Å². The smallest absolute Gasteiger partial charge is 0.194 e. The number of ether oxygens (including phenoxy) is 2. The molecule has 1 aromatic carbocycles. The van der Waals surface area contributed by atoms with E-state index in [4.69, 9.17) is 9.47 Å². The lowest BCUT2D eigenvalue weighted by Crippen LogP contribution is -2.35. The Morgan fingerprint density at radius 2 is 2.14 bits per heavy atom. The Kier molecular flexibility index (Phi) is 8.55. The summed E-state index contributed by atoms with van der Waals surface area (Å²) in [6.07, 6.45) is 0. The average Bonchev–Trinajstić information content (AvgIpc) is 2.88. The predicted octanol–water partition coefficient (Wildman–Crippen LogP) is 2.42. The third kappa shape index (κ3) is 5.64. The van der Waals surface area contributed by atoms with Gasteiger partial charge in [0.15, 0.2) is 5.96 Å². The fourth-order valence-electron chi connectivity index (χ4n) is 2.19. The highest BCUT2D eigenvalue weighted by atomic mass is 127. The molecule has 0 bridgehead atoms. The third-order valence-corrected chi connectivity index (χ3v) is 3.41. The van der Waals surface area contributed by atoms with Crippen LogP contribution >= 0.6 is 24.0 Å². The SMILES string of the molecule is CCOCCOc1cc(C)ccc1CNC1=NCCN1C.I. The molecule has 124 valence electrons. The van der Waals surface area contributed by atoms with Crippen molar-refractivity contribution in [1.29, 1.82) is 0 Å². The molecule has 1 aromatic rings. The number of rotatable bonds is 7. The number of nitrogens with one attached hydrogen (secondary N) is 1. The quantitative estimate of drug-likeness (QED) is 0.545. The molecule has 0 fully saturated rings. The summed E-state index contributed by atoms with van der Waals surface area (Å²) in [5.41, 5.74) is 2.33. The van der Waals surface area contributed by atoms with Crippen LogP contribution in [0, 0.1) is 6.92 Å². The molecule has 0 amide bonds. The molecule has 1 heterocycles. The van der Waals surface area contributed by atoms with Crippen molar-refractivity contribution in [2.75, 3.05) is 40.0 Å². The van der Waals surface area contributed by atoms with Crippen molar-refractivity contribution >= 4 is 29.9 Å². The highest BCUT2D eigenvalue weighted by molar-refractivity contribution is 14.0. The van der Waals surface area contributed by atoms with Gasteiger partial charge in [-0.1, -0.05) is 12.1 Å². The minimum atomic E-state index is 0. The molecular formula is C16H26IN3O2. The number of hydrogen-bond donors (Lipinski definition) is 1. The van der Waals surface area contributed by atoms with Gasteiger partial charge >= 0.3 is 0 Å². The second-order valence-electron chi connectivity index (χ2n) is 5.14. The number of guanidine groups is 1. The first-order valence-electron chi connectivity index (χ1n) is 7.50. The van der Waals surface area contributed by atoms with Crippen molar-refractivity contribution in [2.24, 2.45) is 4.99 Å². The zero-order valence-electron chi connectivity index (χ0n) is 13.6. The molecule has 0 radical (unpaired) electrons. The van der Waals surface area contributed by atoms with E-state index in [1.165, 1.54) is 5.56 Å². The van der Waals surface area contributed by atoms with Crippen molar-refractivity contribution in [2.45, 2.75) is 20.4 Å². The van der Waals surface area contributed by atoms with Crippen LogP contribution in [-0.2, 0) is 11.3 Å². The number of hydrogen-bond acceptors (Lipinski definition) is 5. The lowest BCUT2D eigenvalue weighted by atomic mass is 10.1. The Hall–Kier alpha value is -1.02. The van der Waals surface area contributed by atoms with Crippen LogP contribution in [0.1, 0.15) is 18.1 Å². The Morgan fingerprint density at radius 3 is 2.82 bits per heavy atom. The molecule has 6 heteroatoms.